The van der Waals surface area contributed by atoms with Gasteiger partial charge in [-0.3, -0.25) is 0 Å². The molecule has 1 saturated carbocycles. The van der Waals surface area contributed by atoms with Crippen LogP contribution in [0.4, 0.5) is 0 Å². The lowest BCUT2D eigenvalue weighted by Gasteiger charge is -2.26. The van der Waals surface area contributed by atoms with Gasteiger partial charge in [-0.2, -0.15) is 0 Å². The Morgan fingerprint density at radius 2 is 2.00 bits per heavy atom. The van der Waals surface area contributed by atoms with E-state index in [1.165, 1.54) is 32.1 Å². The molecule has 0 aromatic carbocycles. The molecule has 1 fully saturated rings. The molecule has 0 aromatic heterocycles. The molecule has 1 aliphatic carbocycles. The summed E-state index contributed by atoms with van der Waals surface area (Å²) < 4.78 is 0. The van der Waals surface area contributed by atoms with Crippen molar-refractivity contribution in [2.45, 2.75) is 51.0 Å². The number of rotatable bonds is 4. The van der Waals surface area contributed by atoms with E-state index in [1.54, 1.807) is 0 Å². The van der Waals surface area contributed by atoms with Gasteiger partial charge < -0.3 is 5.11 Å². The first kappa shape index (κ1) is 9.79. The van der Waals surface area contributed by atoms with Gasteiger partial charge in [-0.25, -0.2) is 0 Å². The first-order valence-corrected chi connectivity index (χ1v) is 5.13. The Kier molecular flexibility index (Phi) is 4.37. The number of aliphatic hydroxyl groups excluding tert-OH is 1. The third-order valence-corrected chi connectivity index (χ3v) is 2.86. The van der Waals surface area contributed by atoms with Crippen molar-refractivity contribution in [1.29, 1.82) is 0 Å². The molecule has 0 radical (unpaired) electrons. The summed E-state index contributed by atoms with van der Waals surface area (Å²) in [5.74, 6) is 0.582. The van der Waals surface area contributed by atoms with Crippen molar-refractivity contribution < 1.29 is 5.11 Å². The van der Waals surface area contributed by atoms with Crippen LogP contribution < -0.4 is 0 Å². The van der Waals surface area contributed by atoms with Crippen molar-refractivity contribution in [2.75, 3.05) is 0 Å². The van der Waals surface area contributed by atoms with E-state index in [4.69, 9.17) is 0 Å². The van der Waals surface area contributed by atoms with Gasteiger partial charge in [-0.15, -0.1) is 6.58 Å². The van der Waals surface area contributed by atoms with Gasteiger partial charge in [-0.05, 0) is 31.6 Å². The Labute approximate surface area is 75.5 Å². The maximum Gasteiger partial charge on any atom is 0.0571 e. The Hall–Kier alpha value is -0.300. The van der Waals surface area contributed by atoms with Crippen LogP contribution in [0.1, 0.15) is 44.9 Å². The molecule has 0 aliphatic heterocycles. The van der Waals surface area contributed by atoms with E-state index in [-0.39, 0.29) is 6.10 Å². The number of allylic oxidation sites excluding steroid dienone is 1. The lowest BCUT2D eigenvalue weighted by Crippen LogP contribution is -2.22. The van der Waals surface area contributed by atoms with E-state index < -0.39 is 0 Å². The van der Waals surface area contributed by atoms with Gasteiger partial charge in [0, 0.05) is 0 Å². The molecule has 12 heavy (non-hydrogen) atoms. The van der Waals surface area contributed by atoms with Crippen molar-refractivity contribution in [2.24, 2.45) is 5.92 Å². The van der Waals surface area contributed by atoms with Gasteiger partial charge in [0.05, 0.1) is 6.10 Å². The zero-order chi connectivity index (χ0) is 8.81. The Morgan fingerprint density at radius 1 is 1.33 bits per heavy atom. The smallest absolute Gasteiger partial charge is 0.0571 e. The first-order chi connectivity index (χ1) is 5.84. The molecule has 0 bridgehead atoms. The quantitative estimate of drug-likeness (QED) is 0.640. The van der Waals surface area contributed by atoms with Gasteiger partial charge in [0.2, 0.25) is 0 Å². The fourth-order valence-corrected chi connectivity index (χ4v) is 2.04. The summed E-state index contributed by atoms with van der Waals surface area (Å²) >= 11 is 0. The topological polar surface area (TPSA) is 20.2 Å². The lowest BCUT2D eigenvalue weighted by atomic mass is 9.84. The zero-order valence-corrected chi connectivity index (χ0v) is 7.84. The summed E-state index contributed by atoms with van der Waals surface area (Å²) in [5.41, 5.74) is 0. The monoisotopic (exact) mass is 168 g/mol. The van der Waals surface area contributed by atoms with E-state index in [0.717, 1.165) is 12.8 Å². The molecule has 1 nitrogen and oxygen atoms in total. The summed E-state index contributed by atoms with van der Waals surface area (Å²) in [4.78, 5) is 0. The average Bonchev–Trinajstić information content (AvgIpc) is 2.15. The summed E-state index contributed by atoms with van der Waals surface area (Å²) in [6, 6.07) is 0. The van der Waals surface area contributed by atoms with Crippen LogP contribution in [0.2, 0.25) is 0 Å². The maximum absolute atomic E-state index is 9.76. The minimum absolute atomic E-state index is 0.0664. The SMILES string of the molecule is C=CCC[C@H](O)C1CCCCC1. The van der Waals surface area contributed by atoms with Crippen LogP contribution in [-0.4, -0.2) is 11.2 Å². The highest BCUT2D eigenvalue weighted by atomic mass is 16.3. The molecule has 1 heteroatoms. The van der Waals surface area contributed by atoms with Crippen LogP contribution in [0, 0.1) is 5.92 Å². The molecular formula is C11H20O. The number of aliphatic hydroxyl groups is 1. The molecule has 1 atom stereocenters. The van der Waals surface area contributed by atoms with E-state index in [0.29, 0.717) is 5.92 Å². The largest absolute Gasteiger partial charge is 0.393 e. The third kappa shape index (κ3) is 2.98. The van der Waals surface area contributed by atoms with Gasteiger partial charge >= 0.3 is 0 Å². The molecule has 1 aliphatic rings. The molecule has 1 rings (SSSR count). The van der Waals surface area contributed by atoms with E-state index in [2.05, 4.69) is 6.58 Å². The van der Waals surface area contributed by atoms with Gasteiger partial charge in [0.15, 0.2) is 0 Å². The molecule has 0 aromatic rings. The van der Waals surface area contributed by atoms with Crippen LogP contribution in [0.25, 0.3) is 0 Å². The van der Waals surface area contributed by atoms with Crippen LogP contribution in [-0.2, 0) is 0 Å². The highest BCUT2D eigenvalue weighted by molar-refractivity contribution is 4.76. The first-order valence-electron chi connectivity index (χ1n) is 5.13. The molecule has 70 valence electrons. The summed E-state index contributed by atoms with van der Waals surface area (Å²) in [7, 11) is 0. The fraction of sp³-hybridized carbons (Fsp3) is 0.818. The second kappa shape index (κ2) is 5.36. The van der Waals surface area contributed by atoms with Crippen molar-refractivity contribution >= 4 is 0 Å². The minimum Gasteiger partial charge on any atom is -0.393 e. The molecule has 1 N–H and O–H groups in total. The number of hydrogen-bond donors (Lipinski definition) is 1. The summed E-state index contributed by atoms with van der Waals surface area (Å²) in [6.07, 6.45) is 10.2. The Morgan fingerprint density at radius 3 is 2.58 bits per heavy atom. The predicted molar refractivity (Wildman–Crippen MR) is 52.0 cm³/mol. The molecular weight excluding hydrogens is 148 g/mol. The third-order valence-electron chi connectivity index (χ3n) is 2.86. The standard InChI is InChI=1S/C11H20O/c1-2-3-9-11(12)10-7-5-4-6-8-10/h2,10-12H,1,3-9H2/t11-/m0/s1. The highest BCUT2D eigenvalue weighted by Gasteiger charge is 2.20. The van der Waals surface area contributed by atoms with E-state index >= 15 is 0 Å². The van der Waals surface area contributed by atoms with Gasteiger partial charge in [0.1, 0.15) is 0 Å². The molecule has 0 heterocycles. The van der Waals surface area contributed by atoms with Crippen LogP contribution in [0.3, 0.4) is 0 Å². The Bertz CT molecular complexity index is 125. The van der Waals surface area contributed by atoms with Crippen LogP contribution >= 0.6 is 0 Å². The molecule has 0 saturated heterocycles. The van der Waals surface area contributed by atoms with Crippen molar-refractivity contribution in [3.8, 4) is 0 Å². The summed E-state index contributed by atoms with van der Waals surface area (Å²) in [6.45, 7) is 3.67. The summed E-state index contributed by atoms with van der Waals surface area (Å²) in [5, 5.41) is 9.76. The van der Waals surface area contributed by atoms with Gasteiger partial charge in [0.25, 0.3) is 0 Å². The number of hydrogen-bond acceptors (Lipinski definition) is 1. The van der Waals surface area contributed by atoms with Crippen molar-refractivity contribution in [3.63, 3.8) is 0 Å². The highest BCUT2D eigenvalue weighted by Crippen LogP contribution is 2.28. The molecule has 0 amide bonds. The van der Waals surface area contributed by atoms with Crippen molar-refractivity contribution in [1.82, 2.24) is 0 Å². The average molecular weight is 168 g/mol. The van der Waals surface area contributed by atoms with Crippen LogP contribution in [0.5, 0.6) is 0 Å². The maximum atomic E-state index is 9.76. The molecule has 0 unspecified atom stereocenters. The molecule has 0 spiro atoms. The van der Waals surface area contributed by atoms with Crippen molar-refractivity contribution in [3.05, 3.63) is 12.7 Å². The predicted octanol–water partition coefficient (Wildman–Crippen LogP) is 2.89. The fourth-order valence-electron chi connectivity index (χ4n) is 2.04. The van der Waals surface area contributed by atoms with E-state index in [1.807, 2.05) is 6.08 Å². The zero-order valence-electron chi connectivity index (χ0n) is 7.84. The second-order valence-electron chi connectivity index (χ2n) is 3.83. The van der Waals surface area contributed by atoms with E-state index in [9.17, 15) is 5.11 Å². The second-order valence-corrected chi connectivity index (χ2v) is 3.83. The normalized spacial score (nSPS) is 22.1. The van der Waals surface area contributed by atoms with Gasteiger partial charge in [-0.1, -0.05) is 25.3 Å². The van der Waals surface area contributed by atoms with Crippen LogP contribution in [0.15, 0.2) is 12.7 Å². The lowest BCUT2D eigenvalue weighted by molar-refractivity contribution is 0.0781. The Balaban J connectivity index is 2.19. The minimum atomic E-state index is -0.0664.